The maximum absolute atomic E-state index is 4.46. The average Bonchev–Trinajstić information content (AvgIpc) is 2.17. The van der Waals surface area contributed by atoms with Crippen LogP contribution in [-0.2, 0) is 6.54 Å². The summed E-state index contributed by atoms with van der Waals surface area (Å²) in [4.78, 5) is 6.65. The first-order valence-corrected chi connectivity index (χ1v) is 5.63. The van der Waals surface area contributed by atoms with Crippen LogP contribution < -0.4 is 0 Å². The fraction of sp³-hybridized carbons (Fsp3) is 0.417. The number of thiol groups is 1. The van der Waals surface area contributed by atoms with Gasteiger partial charge in [-0.05, 0) is 26.1 Å². The summed E-state index contributed by atoms with van der Waals surface area (Å²) in [5.74, 6) is 0.742. The van der Waals surface area contributed by atoms with Gasteiger partial charge < -0.3 is 0 Å². The van der Waals surface area contributed by atoms with Crippen molar-refractivity contribution in [2.24, 2.45) is 0 Å². The summed E-state index contributed by atoms with van der Waals surface area (Å²) < 4.78 is 0. The lowest BCUT2D eigenvalue weighted by atomic mass is 10.2. The number of pyridine rings is 1. The third-order valence-electron chi connectivity index (χ3n) is 2.10. The standard InChI is InChI=1S/C12H18N2S/c1-10(9-15)7-14(3)8-12-6-4-5-11(2)13-12/h4-6,15H,1,7-9H2,2-3H3. The molecule has 0 aliphatic carbocycles. The minimum atomic E-state index is 0.742. The molecular formula is C12H18N2S. The highest BCUT2D eigenvalue weighted by Crippen LogP contribution is 2.04. The molecule has 1 heterocycles. The van der Waals surface area contributed by atoms with Crippen LogP contribution in [0.3, 0.4) is 0 Å². The second-order valence-electron chi connectivity index (χ2n) is 3.85. The lowest BCUT2D eigenvalue weighted by Gasteiger charge is -2.16. The first-order valence-electron chi connectivity index (χ1n) is 5.00. The Balaban J connectivity index is 2.51. The predicted molar refractivity (Wildman–Crippen MR) is 68.3 cm³/mol. The van der Waals surface area contributed by atoms with E-state index in [9.17, 15) is 0 Å². The predicted octanol–water partition coefficient (Wildman–Crippen LogP) is 2.31. The molecule has 0 atom stereocenters. The van der Waals surface area contributed by atoms with Gasteiger partial charge in [-0.25, -0.2) is 0 Å². The molecule has 1 rings (SSSR count). The van der Waals surface area contributed by atoms with Crippen molar-refractivity contribution in [1.82, 2.24) is 9.88 Å². The molecule has 0 radical (unpaired) electrons. The van der Waals surface area contributed by atoms with Crippen molar-refractivity contribution in [3.05, 3.63) is 41.7 Å². The normalized spacial score (nSPS) is 10.7. The summed E-state index contributed by atoms with van der Waals surface area (Å²) >= 11 is 4.19. The molecule has 3 heteroatoms. The molecule has 0 aromatic carbocycles. The van der Waals surface area contributed by atoms with Crippen LogP contribution in [0.5, 0.6) is 0 Å². The van der Waals surface area contributed by atoms with Gasteiger partial charge in [-0.15, -0.1) is 0 Å². The third-order valence-corrected chi connectivity index (χ3v) is 2.54. The van der Waals surface area contributed by atoms with Crippen LogP contribution in [0.25, 0.3) is 0 Å². The van der Waals surface area contributed by atoms with Crippen molar-refractivity contribution in [3.63, 3.8) is 0 Å². The SMILES string of the molecule is C=C(CS)CN(C)Cc1cccc(C)n1. The van der Waals surface area contributed by atoms with Gasteiger partial charge in [-0.1, -0.05) is 18.2 Å². The number of hydrogen-bond acceptors (Lipinski definition) is 3. The van der Waals surface area contributed by atoms with Crippen LogP contribution in [-0.4, -0.2) is 29.2 Å². The van der Waals surface area contributed by atoms with E-state index in [0.717, 1.165) is 35.8 Å². The molecule has 0 fully saturated rings. The Bertz CT molecular complexity index is 336. The van der Waals surface area contributed by atoms with Crippen LogP contribution >= 0.6 is 12.6 Å². The van der Waals surface area contributed by atoms with E-state index in [2.05, 4.69) is 36.1 Å². The van der Waals surface area contributed by atoms with Crippen LogP contribution in [0.1, 0.15) is 11.4 Å². The van der Waals surface area contributed by atoms with Crippen molar-refractivity contribution in [2.75, 3.05) is 19.3 Å². The lowest BCUT2D eigenvalue weighted by Crippen LogP contribution is -2.21. The van der Waals surface area contributed by atoms with E-state index in [1.54, 1.807) is 0 Å². The van der Waals surface area contributed by atoms with Gasteiger partial charge in [-0.3, -0.25) is 9.88 Å². The first-order chi connectivity index (χ1) is 7.11. The van der Waals surface area contributed by atoms with Crippen LogP contribution in [0.4, 0.5) is 0 Å². The molecule has 15 heavy (non-hydrogen) atoms. The van der Waals surface area contributed by atoms with Crippen molar-refractivity contribution in [2.45, 2.75) is 13.5 Å². The molecule has 0 N–H and O–H groups in total. The molecule has 0 saturated heterocycles. The minimum Gasteiger partial charge on any atom is -0.297 e. The van der Waals surface area contributed by atoms with E-state index in [1.165, 1.54) is 0 Å². The van der Waals surface area contributed by atoms with E-state index >= 15 is 0 Å². The van der Waals surface area contributed by atoms with Gasteiger partial charge in [0.25, 0.3) is 0 Å². The van der Waals surface area contributed by atoms with Gasteiger partial charge in [0, 0.05) is 24.5 Å². The smallest absolute Gasteiger partial charge is 0.0547 e. The zero-order valence-electron chi connectivity index (χ0n) is 9.40. The van der Waals surface area contributed by atoms with Gasteiger partial charge in [-0.2, -0.15) is 12.6 Å². The molecule has 2 nitrogen and oxygen atoms in total. The van der Waals surface area contributed by atoms with Crippen LogP contribution in [0.2, 0.25) is 0 Å². The summed E-state index contributed by atoms with van der Waals surface area (Å²) in [6.07, 6.45) is 0. The lowest BCUT2D eigenvalue weighted by molar-refractivity contribution is 0.351. The number of aromatic nitrogens is 1. The zero-order chi connectivity index (χ0) is 11.3. The van der Waals surface area contributed by atoms with Gasteiger partial charge in [0.1, 0.15) is 0 Å². The maximum Gasteiger partial charge on any atom is 0.0547 e. The average molecular weight is 222 g/mol. The molecule has 1 aromatic heterocycles. The Kier molecular flexibility index (Phi) is 4.85. The Morgan fingerprint density at radius 3 is 2.87 bits per heavy atom. The summed E-state index contributed by atoms with van der Waals surface area (Å²) in [6.45, 7) is 7.67. The maximum atomic E-state index is 4.46. The largest absolute Gasteiger partial charge is 0.297 e. The molecule has 0 aliphatic heterocycles. The molecule has 0 aliphatic rings. The van der Waals surface area contributed by atoms with Crippen LogP contribution in [0, 0.1) is 6.92 Å². The highest BCUT2D eigenvalue weighted by molar-refractivity contribution is 7.80. The third kappa shape index (κ3) is 4.49. The Morgan fingerprint density at radius 1 is 1.53 bits per heavy atom. The van der Waals surface area contributed by atoms with Crippen molar-refractivity contribution in [1.29, 1.82) is 0 Å². The van der Waals surface area contributed by atoms with E-state index in [4.69, 9.17) is 0 Å². The van der Waals surface area contributed by atoms with Gasteiger partial charge in [0.2, 0.25) is 0 Å². The summed E-state index contributed by atoms with van der Waals surface area (Å²) in [6, 6.07) is 6.10. The number of aryl methyl sites for hydroxylation is 1. The van der Waals surface area contributed by atoms with Crippen molar-refractivity contribution < 1.29 is 0 Å². The topological polar surface area (TPSA) is 16.1 Å². The molecule has 0 unspecified atom stereocenters. The Hall–Kier alpha value is -0.800. The number of hydrogen-bond donors (Lipinski definition) is 1. The number of likely N-dealkylation sites (N-methyl/N-ethyl adjacent to an activating group) is 1. The summed E-state index contributed by atoms with van der Waals surface area (Å²) in [5.41, 5.74) is 3.30. The highest BCUT2D eigenvalue weighted by atomic mass is 32.1. The van der Waals surface area contributed by atoms with Crippen molar-refractivity contribution in [3.8, 4) is 0 Å². The molecule has 82 valence electrons. The Morgan fingerprint density at radius 2 is 2.27 bits per heavy atom. The van der Waals surface area contributed by atoms with Gasteiger partial charge in [0.15, 0.2) is 0 Å². The second-order valence-corrected chi connectivity index (χ2v) is 4.17. The number of rotatable bonds is 5. The van der Waals surface area contributed by atoms with E-state index < -0.39 is 0 Å². The van der Waals surface area contributed by atoms with Gasteiger partial charge in [0.05, 0.1) is 5.69 Å². The summed E-state index contributed by atoms with van der Waals surface area (Å²) in [7, 11) is 2.07. The molecule has 0 spiro atoms. The first kappa shape index (κ1) is 12.3. The summed E-state index contributed by atoms with van der Waals surface area (Å²) in [5, 5.41) is 0. The Labute approximate surface area is 97.4 Å². The molecule has 1 aromatic rings. The van der Waals surface area contributed by atoms with Crippen molar-refractivity contribution >= 4 is 12.6 Å². The van der Waals surface area contributed by atoms with E-state index in [1.807, 2.05) is 25.1 Å². The molecule has 0 saturated carbocycles. The van der Waals surface area contributed by atoms with E-state index in [-0.39, 0.29) is 0 Å². The fourth-order valence-corrected chi connectivity index (χ4v) is 1.55. The minimum absolute atomic E-state index is 0.742. The highest BCUT2D eigenvalue weighted by Gasteiger charge is 2.02. The van der Waals surface area contributed by atoms with Gasteiger partial charge >= 0.3 is 0 Å². The quantitative estimate of drug-likeness (QED) is 0.608. The van der Waals surface area contributed by atoms with Crippen LogP contribution in [0.15, 0.2) is 30.4 Å². The molecular weight excluding hydrogens is 204 g/mol. The molecule has 0 bridgehead atoms. The van der Waals surface area contributed by atoms with E-state index in [0.29, 0.717) is 0 Å². The fourth-order valence-electron chi connectivity index (χ4n) is 1.45. The number of nitrogens with zero attached hydrogens (tertiary/aromatic N) is 2. The zero-order valence-corrected chi connectivity index (χ0v) is 10.3. The monoisotopic (exact) mass is 222 g/mol. The molecule has 0 amide bonds. The second kappa shape index (κ2) is 5.93.